The Balaban J connectivity index is 1.50. The fourth-order valence-electron chi connectivity index (χ4n) is 3.82. The Morgan fingerprint density at radius 3 is 2.76 bits per heavy atom. The summed E-state index contributed by atoms with van der Waals surface area (Å²) in [4.78, 5) is 13.9. The van der Waals surface area contributed by atoms with Crippen LogP contribution in [0.3, 0.4) is 0 Å². The summed E-state index contributed by atoms with van der Waals surface area (Å²) in [6, 6.07) is 17.2. The summed E-state index contributed by atoms with van der Waals surface area (Å²) in [6.07, 6.45) is 2.65. The molecule has 0 saturated carbocycles. The van der Waals surface area contributed by atoms with Crippen molar-refractivity contribution in [2.75, 3.05) is 13.2 Å². The van der Waals surface area contributed by atoms with Crippen molar-refractivity contribution in [2.24, 2.45) is 0 Å². The summed E-state index contributed by atoms with van der Waals surface area (Å²) in [5, 5.41) is 27.2. The minimum absolute atomic E-state index is 0.0736. The van der Waals surface area contributed by atoms with Crippen LogP contribution >= 0.6 is 0 Å². The summed E-state index contributed by atoms with van der Waals surface area (Å²) < 4.78 is 1.84. The van der Waals surface area contributed by atoms with Gasteiger partial charge in [-0.15, -0.1) is 5.10 Å². The number of likely N-dealkylation sites (tertiary alicyclic amines) is 1. The second-order valence-corrected chi connectivity index (χ2v) is 7.25. The molecule has 0 spiro atoms. The number of hydrogen-bond acceptors (Lipinski definition) is 6. The van der Waals surface area contributed by atoms with Gasteiger partial charge in [-0.3, -0.25) is 14.9 Å². The first kappa shape index (κ1) is 19.3. The van der Waals surface area contributed by atoms with Crippen molar-refractivity contribution >= 4 is 5.91 Å². The van der Waals surface area contributed by atoms with Gasteiger partial charge in [-0.2, -0.15) is 0 Å². The van der Waals surface area contributed by atoms with Crippen LogP contribution in [0.25, 0.3) is 11.3 Å². The molecular weight excluding hydrogens is 370 g/mol. The quantitative estimate of drug-likeness (QED) is 0.436. The molecule has 1 amide bonds. The molecule has 8 heteroatoms. The Bertz CT molecular complexity index is 975. The number of hydroxylamine groups is 1. The molecule has 2 atom stereocenters. The van der Waals surface area contributed by atoms with Crippen LogP contribution < -0.4 is 5.48 Å². The highest BCUT2D eigenvalue weighted by Gasteiger charge is 2.33. The Morgan fingerprint density at radius 1 is 1.17 bits per heavy atom. The number of aliphatic hydroxyl groups excluding tert-OH is 1. The number of nitrogens with one attached hydrogen (secondary N) is 1. The zero-order chi connectivity index (χ0) is 20.2. The third kappa shape index (κ3) is 4.19. The first-order valence-electron chi connectivity index (χ1n) is 9.53. The molecule has 0 radical (unpaired) electrons. The molecule has 0 bridgehead atoms. The van der Waals surface area contributed by atoms with Crippen LogP contribution in [0.15, 0.2) is 60.8 Å². The highest BCUT2D eigenvalue weighted by atomic mass is 16.5. The predicted molar refractivity (Wildman–Crippen MR) is 106 cm³/mol. The number of hydrogen-bond donors (Lipinski definition) is 3. The maximum atomic E-state index is 11.6. The van der Waals surface area contributed by atoms with Crippen molar-refractivity contribution in [2.45, 2.75) is 25.0 Å². The molecule has 3 N–H and O–H groups in total. The average molecular weight is 393 g/mol. The van der Waals surface area contributed by atoms with Gasteiger partial charge in [-0.25, -0.2) is 10.2 Å². The zero-order valence-electron chi connectivity index (χ0n) is 15.8. The largest absolute Gasteiger partial charge is 0.395 e. The lowest BCUT2D eigenvalue weighted by Gasteiger charge is -2.22. The van der Waals surface area contributed by atoms with E-state index >= 15 is 0 Å². The van der Waals surface area contributed by atoms with Crippen molar-refractivity contribution in [3.63, 3.8) is 0 Å². The molecule has 0 aliphatic carbocycles. The van der Waals surface area contributed by atoms with Crippen LogP contribution in [-0.4, -0.2) is 55.3 Å². The fraction of sp³-hybridized carbons (Fsp3) is 0.286. The summed E-state index contributed by atoms with van der Waals surface area (Å²) in [7, 11) is 0. The molecule has 2 aromatic carbocycles. The fourth-order valence-corrected chi connectivity index (χ4v) is 3.82. The van der Waals surface area contributed by atoms with Gasteiger partial charge in [0.05, 0.1) is 18.8 Å². The van der Waals surface area contributed by atoms with E-state index in [0.29, 0.717) is 11.3 Å². The predicted octanol–water partition coefficient (Wildman–Crippen LogP) is 1.87. The van der Waals surface area contributed by atoms with Gasteiger partial charge in [0.15, 0.2) is 0 Å². The molecule has 0 unspecified atom stereocenters. The van der Waals surface area contributed by atoms with E-state index in [2.05, 4.69) is 27.3 Å². The van der Waals surface area contributed by atoms with Gasteiger partial charge in [-0.05, 0) is 24.1 Å². The Kier molecular flexibility index (Phi) is 5.66. The molecule has 1 fully saturated rings. The van der Waals surface area contributed by atoms with Gasteiger partial charge in [0.2, 0.25) is 0 Å². The second kappa shape index (κ2) is 8.52. The van der Waals surface area contributed by atoms with Gasteiger partial charge < -0.3 is 5.11 Å². The van der Waals surface area contributed by atoms with Crippen LogP contribution in [0.5, 0.6) is 0 Å². The van der Waals surface area contributed by atoms with E-state index in [4.69, 9.17) is 5.21 Å². The molecule has 3 aromatic rings. The molecular formula is C21H23N5O3. The van der Waals surface area contributed by atoms with Crippen molar-refractivity contribution in [3.8, 4) is 11.3 Å². The monoisotopic (exact) mass is 393 g/mol. The molecule has 150 valence electrons. The SMILES string of the molecule is O=C(NO)c1cccc(-c2cn([C@H]3C[C@H](CO)N(Cc4ccccc4)C3)nn2)c1. The van der Waals surface area contributed by atoms with Gasteiger partial charge in [0.25, 0.3) is 5.91 Å². The standard InChI is InChI=1S/C21H23N5O3/c27-14-19-10-18(12-25(19)11-15-5-2-1-3-6-15)26-13-20(22-24-26)16-7-4-8-17(9-16)21(28)23-29/h1-9,13,18-19,27,29H,10-12,14H2,(H,23,28)/t18-,19+/m0/s1. The van der Waals surface area contributed by atoms with E-state index in [-0.39, 0.29) is 18.7 Å². The van der Waals surface area contributed by atoms with Crippen molar-refractivity contribution in [1.82, 2.24) is 25.4 Å². The Labute approximate surface area is 168 Å². The van der Waals surface area contributed by atoms with E-state index in [0.717, 1.165) is 25.1 Å². The zero-order valence-corrected chi connectivity index (χ0v) is 15.8. The summed E-state index contributed by atoms with van der Waals surface area (Å²) >= 11 is 0. The summed E-state index contributed by atoms with van der Waals surface area (Å²) in [5.74, 6) is -0.572. The first-order valence-corrected chi connectivity index (χ1v) is 9.53. The van der Waals surface area contributed by atoms with Crippen molar-refractivity contribution < 1.29 is 15.1 Å². The number of rotatable bonds is 6. The highest BCUT2D eigenvalue weighted by molar-refractivity contribution is 5.94. The van der Waals surface area contributed by atoms with Crippen molar-refractivity contribution in [3.05, 3.63) is 71.9 Å². The number of benzene rings is 2. The number of nitrogens with zero attached hydrogens (tertiary/aromatic N) is 4. The molecule has 1 aliphatic rings. The smallest absolute Gasteiger partial charge is 0.274 e. The lowest BCUT2D eigenvalue weighted by Crippen LogP contribution is -2.31. The Hall–Kier alpha value is -3.07. The van der Waals surface area contributed by atoms with Crippen LogP contribution in [0.1, 0.15) is 28.4 Å². The lowest BCUT2D eigenvalue weighted by molar-refractivity contribution is 0.0706. The number of carbonyl (C=O) groups is 1. The number of amides is 1. The summed E-state index contributed by atoms with van der Waals surface area (Å²) in [6.45, 7) is 1.65. The van der Waals surface area contributed by atoms with Gasteiger partial charge in [0, 0.05) is 30.3 Å². The number of aromatic nitrogens is 3. The minimum Gasteiger partial charge on any atom is -0.395 e. The highest BCUT2D eigenvalue weighted by Crippen LogP contribution is 2.29. The molecule has 1 saturated heterocycles. The Morgan fingerprint density at radius 2 is 2.00 bits per heavy atom. The van der Waals surface area contributed by atoms with E-state index in [1.165, 1.54) is 5.56 Å². The van der Waals surface area contributed by atoms with Crippen molar-refractivity contribution in [1.29, 1.82) is 0 Å². The molecule has 2 heterocycles. The van der Waals surface area contributed by atoms with Gasteiger partial charge in [-0.1, -0.05) is 47.7 Å². The van der Waals surface area contributed by atoms with E-state index in [1.54, 1.807) is 23.7 Å². The molecule has 1 aliphatic heterocycles. The first-order chi connectivity index (χ1) is 14.2. The molecule has 1 aromatic heterocycles. The lowest BCUT2D eigenvalue weighted by atomic mass is 10.1. The maximum Gasteiger partial charge on any atom is 0.274 e. The topological polar surface area (TPSA) is 104 Å². The molecule has 8 nitrogen and oxygen atoms in total. The van der Waals surface area contributed by atoms with Crippen LogP contribution in [0, 0.1) is 0 Å². The normalized spacial score (nSPS) is 19.4. The van der Waals surface area contributed by atoms with Crippen LogP contribution in [-0.2, 0) is 6.54 Å². The number of aliphatic hydroxyl groups is 1. The third-order valence-electron chi connectivity index (χ3n) is 5.35. The third-order valence-corrected chi connectivity index (χ3v) is 5.35. The van der Waals surface area contributed by atoms with E-state index in [1.807, 2.05) is 35.1 Å². The van der Waals surface area contributed by atoms with Crippen LogP contribution in [0.2, 0.25) is 0 Å². The van der Waals surface area contributed by atoms with Gasteiger partial charge in [0.1, 0.15) is 5.69 Å². The maximum absolute atomic E-state index is 11.6. The van der Waals surface area contributed by atoms with Gasteiger partial charge >= 0.3 is 0 Å². The number of carbonyl (C=O) groups excluding carboxylic acids is 1. The molecule has 29 heavy (non-hydrogen) atoms. The molecule has 4 rings (SSSR count). The summed E-state index contributed by atoms with van der Waals surface area (Å²) in [5.41, 5.74) is 4.59. The minimum atomic E-state index is -0.572. The average Bonchev–Trinajstić information content (AvgIpc) is 3.41. The van der Waals surface area contributed by atoms with E-state index < -0.39 is 5.91 Å². The van der Waals surface area contributed by atoms with Crippen LogP contribution in [0.4, 0.5) is 0 Å². The second-order valence-electron chi connectivity index (χ2n) is 7.25. The van der Waals surface area contributed by atoms with E-state index in [9.17, 15) is 9.90 Å².